The van der Waals surface area contributed by atoms with Crippen LogP contribution in [0.4, 0.5) is 10.5 Å². The average molecular weight is 595 g/mol. The van der Waals surface area contributed by atoms with E-state index in [4.69, 9.17) is 14.2 Å². The van der Waals surface area contributed by atoms with Crippen LogP contribution < -0.4 is 10.6 Å². The molecule has 1 aliphatic heterocycles. The molecular formula is C32H38N2O7S. The first-order valence-corrected chi connectivity index (χ1v) is 15.1. The SMILES string of the molecule is COC(=O)[C@H](Cc1ccccc1)NC(=O)Nc1cccc([C@@H]2O[C@H](CSCCO)[C@H](C)[C@H](c3ccc(CO)cc3)O2)c1. The highest BCUT2D eigenvalue weighted by molar-refractivity contribution is 7.99. The Morgan fingerprint density at radius 1 is 0.952 bits per heavy atom. The third-order valence-electron chi connectivity index (χ3n) is 7.13. The molecule has 5 atom stereocenters. The second-order valence-electron chi connectivity index (χ2n) is 10.1. The Bertz CT molecular complexity index is 1290. The molecule has 224 valence electrons. The predicted molar refractivity (Wildman–Crippen MR) is 162 cm³/mol. The maximum absolute atomic E-state index is 12.9. The first-order valence-electron chi connectivity index (χ1n) is 13.9. The van der Waals surface area contributed by atoms with Crippen LogP contribution in [0.15, 0.2) is 78.9 Å². The number of carbonyl (C=O) groups excluding carboxylic acids is 2. The molecule has 1 saturated heterocycles. The van der Waals surface area contributed by atoms with Gasteiger partial charge in [0.25, 0.3) is 0 Å². The number of benzene rings is 3. The van der Waals surface area contributed by atoms with Gasteiger partial charge in [-0.15, -0.1) is 0 Å². The van der Waals surface area contributed by atoms with Gasteiger partial charge in [0, 0.05) is 35.1 Å². The van der Waals surface area contributed by atoms with Gasteiger partial charge >= 0.3 is 12.0 Å². The minimum absolute atomic E-state index is 0.0272. The van der Waals surface area contributed by atoms with Crippen molar-refractivity contribution in [1.82, 2.24) is 5.32 Å². The minimum atomic E-state index is -0.859. The van der Waals surface area contributed by atoms with E-state index in [2.05, 4.69) is 17.6 Å². The van der Waals surface area contributed by atoms with Gasteiger partial charge in [0.2, 0.25) is 0 Å². The lowest BCUT2D eigenvalue weighted by atomic mass is 9.91. The number of ether oxygens (including phenoxy) is 3. The molecule has 0 aromatic heterocycles. The number of thioether (sulfide) groups is 1. The Kier molecular flexibility index (Phi) is 11.8. The van der Waals surface area contributed by atoms with Gasteiger partial charge in [0.1, 0.15) is 6.04 Å². The zero-order chi connectivity index (χ0) is 29.9. The maximum Gasteiger partial charge on any atom is 0.328 e. The van der Waals surface area contributed by atoms with Crippen LogP contribution in [0.1, 0.15) is 41.6 Å². The Morgan fingerprint density at radius 2 is 1.71 bits per heavy atom. The van der Waals surface area contributed by atoms with E-state index >= 15 is 0 Å². The third kappa shape index (κ3) is 8.56. The third-order valence-corrected chi connectivity index (χ3v) is 8.17. The number of carbonyl (C=O) groups is 2. The molecule has 4 N–H and O–H groups in total. The Balaban J connectivity index is 1.49. The van der Waals surface area contributed by atoms with E-state index in [1.807, 2.05) is 60.7 Å². The molecule has 0 bridgehead atoms. The Hall–Kier alpha value is -3.41. The molecule has 3 aromatic carbocycles. The van der Waals surface area contributed by atoms with E-state index in [0.29, 0.717) is 23.6 Å². The summed E-state index contributed by atoms with van der Waals surface area (Å²) in [5.74, 6) is 0.784. The van der Waals surface area contributed by atoms with E-state index in [1.165, 1.54) is 7.11 Å². The number of methoxy groups -OCH3 is 1. The van der Waals surface area contributed by atoms with Gasteiger partial charge in [0.05, 0.1) is 32.5 Å². The van der Waals surface area contributed by atoms with Crippen molar-refractivity contribution in [2.45, 2.75) is 44.5 Å². The molecule has 2 amide bonds. The summed E-state index contributed by atoms with van der Waals surface area (Å²) in [6.07, 6.45) is -0.829. The van der Waals surface area contributed by atoms with Crippen LogP contribution in [0.2, 0.25) is 0 Å². The summed E-state index contributed by atoms with van der Waals surface area (Å²) in [5.41, 5.74) is 3.92. The van der Waals surface area contributed by atoms with Crippen LogP contribution in [0.5, 0.6) is 0 Å². The zero-order valence-electron chi connectivity index (χ0n) is 23.8. The van der Waals surface area contributed by atoms with Crippen molar-refractivity contribution >= 4 is 29.4 Å². The van der Waals surface area contributed by atoms with Crippen molar-refractivity contribution in [3.05, 3.63) is 101 Å². The summed E-state index contributed by atoms with van der Waals surface area (Å²) in [6.45, 7) is 2.14. The number of nitrogens with one attached hydrogen (secondary N) is 2. The summed E-state index contributed by atoms with van der Waals surface area (Å²) in [7, 11) is 1.29. The standard InChI is InChI=1S/C32H38N2O7S/c1-21-28(20-42-16-15-35)40-31(41-29(21)24-13-11-23(19-36)12-14-24)25-9-6-10-26(18-25)33-32(38)34-27(30(37)39-2)17-22-7-4-3-5-8-22/h3-14,18,21,27-29,31,35-36H,15-17,19-20H2,1-2H3,(H2,33,34,38)/t21-,27-,28+,29+,31+/m0/s1. The first-order chi connectivity index (χ1) is 20.4. The molecule has 1 heterocycles. The number of amides is 2. The van der Waals surface area contributed by atoms with Crippen molar-refractivity contribution in [2.24, 2.45) is 5.92 Å². The van der Waals surface area contributed by atoms with Gasteiger partial charge in [-0.1, -0.05) is 73.7 Å². The van der Waals surface area contributed by atoms with E-state index in [-0.39, 0.29) is 31.3 Å². The van der Waals surface area contributed by atoms with Crippen LogP contribution in [0.3, 0.4) is 0 Å². The molecule has 0 radical (unpaired) electrons. The number of aliphatic hydroxyl groups is 2. The van der Waals surface area contributed by atoms with Crippen molar-refractivity contribution in [1.29, 1.82) is 0 Å². The molecule has 0 unspecified atom stereocenters. The monoisotopic (exact) mass is 594 g/mol. The van der Waals surface area contributed by atoms with E-state index in [0.717, 1.165) is 22.3 Å². The maximum atomic E-state index is 12.9. The van der Waals surface area contributed by atoms with Gasteiger partial charge in [-0.2, -0.15) is 11.8 Å². The molecular weight excluding hydrogens is 556 g/mol. The second kappa shape index (κ2) is 15.7. The first kappa shape index (κ1) is 31.5. The summed E-state index contributed by atoms with van der Waals surface area (Å²) in [4.78, 5) is 25.3. The van der Waals surface area contributed by atoms with Gasteiger partial charge in [-0.25, -0.2) is 9.59 Å². The predicted octanol–water partition coefficient (Wildman–Crippen LogP) is 4.60. The molecule has 3 aromatic rings. The highest BCUT2D eigenvalue weighted by Crippen LogP contribution is 2.42. The topological polar surface area (TPSA) is 126 Å². The molecule has 10 heteroatoms. The van der Waals surface area contributed by atoms with Gasteiger partial charge < -0.3 is 35.1 Å². The molecule has 0 spiro atoms. The second-order valence-corrected chi connectivity index (χ2v) is 11.3. The van der Waals surface area contributed by atoms with Crippen LogP contribution in [0.25, 0.3) is 0 Å². The number of esters is 1. The van der Waals surface area contributed by atoms with Gasteiger partial charge in [0.15, 0.2) is 6.29 Å². The lowest BCUT2D eigenvalue weighted by Gasteiger charge is -2.41. The van der Waals surface area contributed by atoms with Gasteiger partial charge in [-0.3, -0.25) is 0 Å². The average Bonchev–Trinajstić information content (AvgIpc) is 3.02. The molecule has 0 saturated carbocycles. The zero-order valence-corrected chi connectivity index (χ0v) is 24.6. The molecule has 42 heavy (non-hydrogen) atoms. The molecule has 1 aliphatic rings. The van der Waals surface area contributed by atoms with Gasteiger partial charge in [-0.05, 0) is 28.8 Å². The number of hydrogen-bond acceptors (Lipinski definition) is 8. The fourth-order valence-electron chi connectivity index (χ4n) is 4.85. The quantitative estimate of drug-likeness (QED) is 0.177. The smallest absolute Gasteiger partial charge is 0.328 e. The summed E-state index contributed by atoms with van der Waals surface area (Å²) in [5, 5.41) is 24.3. The highest BCUT2D eigenvalue weighted by Gasteiger charge is 2.38. The number of aliphatic hydroxyl groups excluding tert-OH is 2. The number of urea groups is 1. The lowest BCUT2D eigenvalue weighted by molar-refractivity contribution is -0.268. The minimum Gasteiger partial charge on any atom is -0.467 e. The molecule has 0 aliphatic carbocycles. The Morgan fingerprint density at radius 3 is 2.40 bits per heavy atom. The summed E-state index contributed by atoms with van der Waals surface area (Å²) >= 11 is 1.62. The van der Waals surface area contributed by atoms with E-state index in [1.54, 1.807) is 30.0 Å². The number of anilines is 1. The highest BCUT2D eigenvalue weighted by atomic mass is 32.2. The fraction of sp³-hybridized carbons (Fsp3) is 0.375. The summed E-state index contributed by atoms with van der Waals surface area (Å²) in [6, 6.07) is 22.9. The molecule has 4 rings (SSSR count). The van der Waals surface area contributed by atoms with E-state index < -0.39 is 24.3 Å². The van der Waals surface area contributed by atoms with Crippen molar-refractivity contribution in [3.8, 4) is 0 Å². The van der Waals surface area contributed by atoms with Crippen LogP contribution >= 0.6 is 11.8 Å². The van der Waals surface area contributed by atoms with Crippen molar-refractivity contribution < 1.29 is 34.0 Å². The molecule has 9 nitrogen and oxygen atoms in total. The largest absolute Gasteiger partial charge is 0.467 e. The number of hydrogen-bond donors (Lipinski definition) is 4. The van der Waals surface area contributed by atoms with E-state index in [9.17, 15) is 19.8 Å². The van der Waals surface area contributed by atoms with Crippen LogP contribution in [-0.4, -0.2) is 59.6 Å². The van der Waals surface area contributed by atoms with Crippen molar-refractivity contribution in [2.75, 3.05) is 30.5 Å². The molecule has 1 fully saturated rings. The summed E-state index contributed by atoms with van der Waals surface area (Å²) < 4.78 is 17.8. The normalized spacial score (nSPS) is 20.9. The number of rotatable bonds is 12. The Labute approximate surface area is 250 Å². The fourth-order valence-corrected chi connectivity index (χ4v) is 5.76. The lowest BCUT2D eigenvalue weighted by Crippen LogP contribution is -2.45. The van der Waals surface area contributed by atoms with Crippen LogP contribution in [0, 0.1) is 5.92 Å². The van der Waals surface area contributed by atoms with Crippen molar-refractivity contribution in [3.63, 3.8) is 0 Å². The van der Waals surface area contributed by atoms with Crippen LogP contribution in [-0.2, 0) is 32.0 Å².